The van der Waals surface area contributed by atoms with Crippen LogP contribution in [0.25, 0.3) is 0 Å². The number of rotatable bonds is 3. The van der Waals surface area contributed by atoms with E-state index in [9.17, 15) is 13.2 Å². The van der Waals surface area contributed by atoms with E-state index >= 15 is 0 Å². The fourth-order valence-electron chi connectivity index (χ4n) is 4.32. The van der Waals surface area contributed by atoms with Gasteiger partial charge in [-0.1, -0.05) is 30.3 Å². The van der Waals surface area contributed by atoms with Crippen molar-refractivity contribution in [2.75, 3.05) is 27.2 Å². The van der Waals surface area contributed by atoms with Crippen molar-refractivity contribution in [1.82, 2.24) is 13.9 Å². The van der Waals surface area contributed by atoms with Crippen molar-refractivity contribution < 1.29 is 13.2 Å². The number of carbonyl (C=O) groups is 1. The van der Waals surface area contributed by atoms with Crippen LogP contribution in [0.5, 0.6) is 0 Å². The summed E-state index contributed by atoms with van der Waals surface area (Å²) in [6.07, 6.45) is 1.50. The van der Waals surface area contributed by atoms with Crippen molar-refractivity contribution in [3.63, 3.8) is 0 Å². The minimum absolute atomic E-state index is 0.0663. The highest BCUT2D eigenvalue weighted by atomic mass is 32.2. The molecule has 1 N–H and O–H groups in total. The van der Waals surface area contributed by atoms with E-state index in [0.29, 0.717) is 25.3 Å². The fraction of sp³-hybridized carbons (Fsp3) is 0.529. The Morgan fingerprint density at radius 1 is 1.24 bits per heavy atom. The first kappa shape index (κ1) is 16.7. The van der Waals surface area contributed by atoms with Crippen molar-refractivity contribution in [1.29, 1.82) is 0 Å². The summed E-state index contributed by atoms with van der Waals surface area (Å²) >= 11 is 0. The maximum absolute atomic E-state index is 12.8. The predicted molar refractivity (Wildman–Crippen MR) is 94.2 cm³/mol. The second-order valence-corrected chi connectivity index (χ2v) is 9.36. The number of nitrogens with zero attached hydrogens (tertiary/aromatic N) is 3. The zero-order valence-corrected chi connectivity index (χ0v) is 15.2. The number of nitrogens with one attached hydrogen (secondary N) is 1. The predicted octanol–water partition coefficient (Wildman–Crippen LogP) is 0.450. The summed E-state index contributed by atoms with van der Waals surface area (Å²) in [7, 11) is -0.392. The lowest BCUT2D eigenvalue weighted by Gasteiger charge is -2.26. The summed E-state index contributed by atoms with van der Waals surface area (Å²) in [5.74, 6) is 0.617. The minimum Gasteiger partial charge on any atom is -0.308 e. The molecule has 1 saturated carbocycles. The van der Waals surface area contributed by atoms with E-state index < -0.39 is 15.7 Å². The average Bonchev–Trinajstić information content (AvgIpc) is 3.24. The third-order valence-corrected chi connectivity index (χ3v) is 7.56. The highest BCUT2D eigenvalue weighted by Crippen LogP contribution is 2.49. The molecule has 3 aliphatic rings. The topological polar surface area (TPSA) is 82.1 Å². The molecule has 0 bridgehead atoms. The van der Waals surface area contributed by atoms with Gasteiger partial charge in [-0.15, -0.1) is 0 Å². The molecule has 1 aromatic rings. The Bertz CT molecular complexity index is 837. The Labute approximate surface area is 147 Å². The van der Waals surface area contributed by atoms with Gasteiger partial charge in [-0.25, -0.2) is 0 Å². The molecule has 0 radical (unpaired) electrons. The monoisotopic (exact) mass is 362 g/mol. The van der Waals surface area contributed by atoms with Gasteiger partial charge in [0.2, 0.25) is 0 Å². The van der Waals surface area contributed by atoms with Gasteiger partial charge in [-0.05, 0) is 18.8 Å². The Balaban J connectivity index is 1.66. The van der Waals surface area contributed by atoms with Gasteiger partial charge in [0.15, 0.2) is 0 Å². The second-order valence-electron chi connectivity index (χ2n) is 7.22. The van der Waals surface area contributed by atoms with E-state index in [1.807, 2.05) is 30.3 Å². The Morgan fingerprint density at radius 2 is 1.96 bits per heavy atom. The summed E-state index contributed by atoms with van der Waals surface area (Å²) in [5.41, 5.74) is 0.0545. The van der Waals surface area contributed by atoms with Crippen LogP contribution >= 0.6 is 0 Å². The lowest BCUT2D eigenvalue weighted by Crippen LogP contribution is -2.46. The Morgan fingerprint density at radius 3 is 2.64 bits per heavy atom. The smallest absolute Gasteiger partial charge is 0.281 e. The molecule has 3 atom stereocenters. The number of amidine groups is 1. The molecule has 1 saturated heterocycles. The maximum atomic E-state index is 12.8. The molecule has 8 heteroatoms. The highest BCUT2D eigenvalue weighted by molar-refractivity contribution is 7.86. The number of fused-ring (bicyclic) bond motifs is 2. The third kappa shape index (κ3) is 2.43. The van der Waals surface area contributed by atoms with Crippen molar-refractivity contribution in [2.24, 2.45) is 16.8 Å². The third-order valence-electron chi connectivity index (χ3n) is 5.69. The number of amides is 1. The maximum Gasteiger partial charge on any atom is 0.281 e. The molecule has 134 valence electrons. The SMILES string of the molecule is CN(C)S(=O)(=O)N1C[C@H]2CC[C@@]3(N=C(c4ccccc4)NC3=O)[C@H]2C1. The lowest BCUT2D eigenvalue weighted by molar-refractivity contribution is -0.124. The number of benzene rings is 1. The van der Waals surface area contributed by atoms with Crippen LogP contribution in [0.1, 0.15) is 18.4 Å². The summed E-state index contributed by atoms with van der Waals surface area (Å²) in [6, 6.07) is 9.58. The van der Waals surface area contributed by atoms with Gasteiger partial charge in [-0.3, -0.25) is 9.79 Å². The molecule has 2 aliphatic heterocycles. The molecule has 1 aliphatic carbocycles. The molecule has 1 amide bonds. The zero-order valence-electron chi connectivity index (χ0n) is 14.3. The van der Waals surface area contributed by atoms with E-state index in [2.05, 4.69) is 5.32 Å². The van der Waals surface area contributed by atoms with Crippen LogP contribution in [0.3, 0.4) is 0 Å². The van der Waals surface area contributed by atoms with Crippen LogP contribution in [-0.2, 0) is 15.0 Å². The van der Waals surface area contributed by atoms with E-state index in [-0.39, 0.29) is 17.7 Å². The zero-order chi connectivity index (χ0) is 17.8. The van der Waals surface area contributed by atoms with E-state index in [1.54, 1.807) is 0 Å². The molecule has 0 aromatic heterocycles. The minimum atomic E-state index is -3.46. The lowest BCUT2D eigenvalue weighted by atomic mass is 9.85. The molecule has 7 nitrogen and oxygen atoms in total. The molecule has 1 spiro atoms. The van der Waals surface area contributed by atoms with E-state index in [1.165, 1.54) is 22.7 Å². The van der Waals surface area contributed by atoms with E-state index in [4.69, 9.17) is 4.99 Å². The van der Waals surface area contributed by atoms with E-state index in [0.717, 1.165) is 12.0 Å². The van der Waals surface area contributed by atoms with Crippen LogP contribution < -0.4 is 5.32 Å². The van der Waals surface area contributed by atoms with Crippen molar-refractivity contribution in [2.45, 2.75) is 18.4 Å². The van der Waals surface area contributed by atoms with Gasteiger partial charge < -0.3 is 5.32 Å². The van der Waals surface area contributed by atoms with Crippen LogP contribution in [0.2, 0.25) is 0 Å². The first-order chi connectivity index (χ1) is 11.8. The fourth-order valence-corrected chi connectivity index (χ4v) is 5.51. The Kier molecular flexibility index (Phi) is 3.75. The first-order valence-corrected chi connectivity index (χ1v) is 9.88. The van der Waals surface area contributed by atoms with Crippen molar-refractivity contribution in [3.8, 4) is 0 Å². The largest absolute Gasteiger partial charge is 0.308 e. The standard InChI is InChI=1S/C17H22N4O3S/c1-20(2)25(23,24)21-10-13-8-9-17(14(13)11-21)16(22)18-15(19-17)12-6-4-3-5-7-12/h3-7,13-14H,8-11H2,1-2H3,(H,18,19,22)/t13-,14+,17-/m1/s1. The van der Waals surface area contributed by atoms with Gasteiger partial charge >= 0.3 is 0 Å². The average molecular weight is 362 g/mol. The van der Waals surface area contributed by atoms with Gasteiger partial charge in [-0.2, -0.15) is 17.0 Å². The van der Waals surface area contributed by atoms with Crippen LogP contribution in [0.4, 0.5) is 0 Å². The summed E-state index contributed by atoms with van der Waals surface area (Å²) in [4.78, 5) is 17.6. The van der Waals surface area contributed by atoms with Gasteiger partial charge in [0.1, 0.15) is 11.4 Å². The van der Waals surface area contributed by atoms with Gasteiger partial charge in [0.05, 0.1) is 0 Å². The van der Waals surface area contributed by atoms with Crippen LogP contribution in [0.15, 0.2) is 35.3 Å². The Hall–Kier alpha value is -1.77. The van der Waals surface area contributed by atoms with Crippen molar-refractivity contribution >= 4 is 22.0 Å². The normalized spacial score (nSPS) is 32.3. The molecular weight excluding hydrogens is 340 g/mol. The van der Waals surface area contributed by atoms with Gasteiger partial charge in [0.25, 0.3) is 16.1 Å². The second kappa shape index (κ2) is 5.62. The molecule has 0 unspecified atom stereocenters. The quantitative estimate of drug-likeness (QED) is 0.848. The summed E-state index contributed by atoms with van der Waals surface area (Å²) in [6.45, 7) is 0.820. The first-order valence-electron chi connectivity index (χ1n) is 8.49. The molecule has 2 fully saturated rings. The van der Waals surface area contributed by atoms with Crippen LogP contribution in [-0.4, -0.2) is 61.5 Å². The number of aliphatic imine (C=N–C) groups is 1. The van der Waals surface area contributed by atoms with Crippen LogP contribution in [0, 0.1) is 11.8 Å². The number of hydrogen-bond donors (Lipinski definition) is 1. The van der Waals surface area contributed by atoms with Crippen molar-refractivity contribution in [3.05, 3.63) is 35.9 Å². The van der Waals surface area contributed by atoms with Gasteiger partial charge in [0, 0.05) is 38.7 Å². The number of carbonyl (C=O) groups excluding carboxylic acids is 1. The molecular formula is C17H22N4O3S. The molecule has 4 rings (SSSR count). The highest BCUT2D eigenvalue weighted by Gasteiger charge is 2.60. The molecule has 1 aromatic carbocycles. The molecule has 2 heterocycles. The summed E-state index contributed by atoms with van der Waals surface area (Å²) in [5, 5.41) is 2.92. The molecule has 25 heavy (non-hydrogen) atoms. The number of hydrogen-bond acceptors (Lipinski definition) is 4. The summed E-state index contributed by atoms with van der Waals surface area (Å²) < 4.78 is 27.6.